The summed E-state index contributed by atoms with van der Waals surface area (Å²) < 4.78 is 4.71. The Bertz CT molecular complexity index is 280. The minimum absolute atomic E-state index is 0.431. The minimum atomic E-state index is 0.431. The number of ether oxygens (including phenoxy) is 1. The van der Waals surface area contributed by atoms with Crippen molar-refractivity contribution >= 4 is 0 Å². The molecule has 2 nitrogen and oxygen atoms in total. The van der Waals surface area contributed by atoms with Gasteiger partial charge in [-0.05, 0) is 31.4 Å². The third-order valence-electron chi connectivity index (χ3n) is 2.29. The zero-order valence-electron chi connectivity index (χ0n) is 9.57. The molecule has 1 fully saturated rings. The molecular weight excluding hydrogens is 188 g/mol. The molecule has 1 atom stereocenters. The lowest BCUT2D eigenvalue weighted by molar-refractivity contribution is 0.423. The average molecular weight is 208 g/mol. The van der Waals surface area contributed by atoms with Gasteiger partial charge in [0.05, 0.1) is 12.7 Å². The van der Waals surface area contributed by atoms with E-state index in [9.17, 15) is 5.11 Å². The van der Waals surface area contributed by atoms with Gasteiger partial charge in [0.15, 0.2) is 0 Å². The Kier molecular flexibility index (Phi) is 5.19. The summed E-state index contributed by atoms with van der Waals surface area (Å²) in [7, 11) is 0. The first-order chi connectivity index (χ1) is 7.24. The Balaban J connectivity index is 0.000000234. The summed E-state index contributed by atoms with van der Waals surface area (Å²) in [5.41, 5.74) is 1.06. The maximum atomic E-state index is 9.34. The maximum absolute atomic E-state index is 9.34. The molecule has 1 aromatic rings. The molecule has 1 aliphatic heterocycles. The van der Waals surface area contributed by atoms with Crippen LogP contribution in [0.5, 0.6) is 5.75 Å². The van der Waals surface area contributed by atoms with Gasteiger partial charge in [0.2, 0.25) is 0 Å². The summed E-state index contributed by atoms with van der Waals surface area (Å²) in [5, 5.41) is 9.34. The van der Waals surface area contributed by atoms with Crippen LogP contribution in [0.25, 0.3) is 0 Å². The molecule has 1 unspecified atom stereocenters. The SMILES string of the molecule is CC1CO1.CCCCc1ccccc1O. The van der Waals surface area contributed by atoms with Crippen LogP contribution in [0.4, 0.5) is 0 Å². The number of hydrogen-bond acceptors (Lipinski definition) is 2. The number of rotatable bonds is 3. The van der Waals surface area contributed by atoms with E-state index in [-0.39, 0.29) is 0 Å². The van der Waals surface area contributed by atoms with Crippen LogP contribution in [0.15, 0.2) is 24.3 Å². The molecular formula is C13H20O2. The van der Waals surface area contributed by atoms with Crippen molar-refractivity contribution < 1.29 is 9.84 Å². The van der Waals surface area contributed by atoms with Gasteiger partial charge in [-0.25, -0.2) is 0 Å². The second kappa shape index (κ2) is 6.46. The standard InChI is InChI=1S/C10H14O.C3H6O/c1-2-3-6-9-7-4-5-8-10(9)11;1-3-2-4-3/h4-5,7-8,11H,2-3,6H2,1H3;3H,2H2,1H3. The number of aromatic hydroxyl groups is 1. The molecule has 1 aliphatic rings. The second-order valence-electron chi connectivity index (χ2n) is 3.88. The van der Waals surface area contributed by atoms with Crippen LogP contribution < -0.4 is 0 Å². The van der Waals surface area contributed by atoms with Gasteiger partial charge < -0.3 is 9.84 Å². The fourth-order valence-corrected chi connectivity index (χ4v) is 1.19. The van der Waals surface area contributed by atoms with Crippen LogP contribution in [-0.4, -0.2) is 17.8 Å². The monoisotopic (exact) mass is 208 g/mol. The number of benzene rings is 1. The van der Waals surface area contributed by atoms with Crippen molar-refractivity contribution in [1.29, 1.82) is 0 Å². The van der Waals surface area contributed by atoms with E-state index < -0.39 is 0 Å². The molecule has 0 radical (unpaired) electrons. The molecule has 0 aromatic heterocycles. The first-order valence-electron chi connectivity index (χ1n) is 5.62. The number of phenolic OH excluding ortho intramolecular Hbond substituents is 1. The number of hydrogen-bond donors (Lipinski definition) is 1. The highest BCUT2D eigenvalue weighted by atomic mass is 16.6. The Labute approximate surface area is 91.9 Å². The number of unbranched alkanes of at least 4 members (excludes halogenated alkanes) is 1. The van der Waals surface area contributed by atoms with Crippen molar-refractivity contribution in [3.8, 4) is 5.75 Å². The lowest BCUT2D eigenvalue weighted by Gasteiger charge is -2.01. The zero-order chi connectivity index (χ0) is 11.1. The van der Waals surface area contributed by atoms with Gasteiger partial charge >= 0.3 is 0 Å². The molecule has 1 heterocycles. The van der Waals surface area contributed by atoms with E-state index in [4.69, 9.17) is 4.74 Å². The predicted molar refractivity (Wildman–Crippen MR) is 62.1 cm³/mol. The van der Waals surface area contributed by atoms with Gasteiger partial charge in [-0.3, -0.25) is 0 Å². The lowest BCUT2D eigenvalue weighted by atomic mass is 10.1. The van der Waals surface area contributed by atoms with E-state index in [1.165, 1.54) is 6.42 Å². The molecule has 1 aromatic carbocycles. The fourth-order valence-electron chi connectivity index (χ4n) is 1.19. The molecule has 0 bridgehead atoms. The number of phenols is 1. The molecule has 15 heavy (non-hydrogen) atoms. The molecule has 84 valence electrons. The van der Waals surface area contributed by atoms with E-state index in [0.29, 0.717) is 11.9 Å². The molecule has 1 saturated heterocycles. The molecule has 2 heteroatoms. The summed E-state index contributed by atoms with van der Waals surface area (Å²) in [6, 6.07) is 7.53. The molecule has 0 aliphatic carbocycles. The van der Waals surface area contributed by atoms with Gasteiger partial charge in [-0.15, -0.1) is 0 Å². The van der Waals surface area contributed by atoms with Gasteiger partial charge in [-0.1, -0.05) is 31.5 Å². The molecule has 0 amide bonds. The summed E-state index contributed by atoms with van der Waals surface area (Å²) in [6.45, 7) is 5.19. The smallest absolute Gasteiger partial charge is 0.118 e. The number of para-hydroxylation sites is 1. The molecule has 0 spiro atoms. The van der Waals surface area contributed by atoms with Crippen LogP contribution in [0.3, 0.4) is 0 Å². The Morgan fingerprint density at radius 2 is 2.00 bits per heavy atom. The first kappa shape index (κ1) is 12.1. The largest absolute Gasteiger partial charge is 0.508 e. The van der Waals surface area contributed by atoms with Gasteiger partial charge in [0, 0.05) is 0 Å². The Morgan fingerprint density at radius 1 is 1.40 bits per heavy atom. The lowest BCUT2D eigenvalue weighted by Crippen LogP contribution is -1.83. The fraction of sp³-hybridized carbons (Fsp3) is 0.538. The quantitative estimate of drug-likeness (QED) is 0.774. The van der Waals surface area contributed by atoms with Crippen molar-refractivity contribution in [1.82, 2.24) is 0 Å². The second-order valence-corrected chi connectivity index (χ2v) is 3.88. The van der Waals surface area contributed by atoms with Crippen molar-refractivity contribution in [3.05, 3.63) is 29.8 Å². The maximum Gasteiger partial charge on any atom is 0.118 e. The third-order valence-corrected chi connectivity index (χ3v) is 2.29. The Morgan fingerprint density at radius 3 is 2.47 bits per heavy atom. The number of epoxide rings is 1. The minimum Gasteiger partial charge on any atom is -0.508 e. The zero-order valence-corrected chi connectivity index (χ0v) is 9.57. The highest BCUT2D eigenvalue weighted by Gasteiger charge is 2.13. The highest BCUT2D eigenvalue weighted by molar-refractivity contribution is 5.31. The van der Waals surface area contributed by atoms with Gasteiger partial charge in [-0.2, -0.15) is 0 Å². The van der Waals surface area contributed by atoms with E-state index in [1.54, 1.807) is 6.07 Å². The van der Waals surface area contributed by atoms with Crippen LogP contribution in [0, 0.1) is 0 Å². The van der Waals surface area contributed by atoms with Gasteiger partial charge in [0.25, 0.3) is 0 Å². The third kappa shape index (κ3) is 5.43. The first-order valence-corrected chi connectivity index (χ1v) is 5.62. The van der Waals surface area contributed by atoms with Crippen molar-refractivity contribution in [2.45, 2.75) is 39.2 Å². The summed E-state index contributed by atoms with van der Waals surface area (Å²) in [6.07, 6.45) is 3.90. The Hall–Kier alpha value is -1.02. The topological polar surface area (TPSA) is 32.8 Å². The van der Waals surface area contributed by atoms with Crippen LogP contribution >= 0.6 is 0 Å². The van der Waals surface area contributed by atoms with E-state index in [1.807, 2.05) is 18.2 Å². The van der Waals surface area contributed by atoms with E-state index in [2.05, 4.69) is 13.8 Å². The summed E-state index contributed by atoms with van der Waals surface area (Å²) in [5.74, 6) is 0.431. The van der Waals surface area contributed by atoms with E-state index >= 15 is 0 Å². The summed E-state index contributed by atoms with van der Waals surface area (Å²) in [4.78, 5) is 0. The van der Waals surface area contributed by atoms with Crippen LogP contribution in [-0.2, 0) is 11.2 Å². The van der Waals surface area contributed by atoms with Crippen LogP contribution in [0.1, 0.15) is 32.3 Å². The predicted octanol–water partition coefficient (Wildman–Crippen LogP) is 3.14. The molecule has 2 rings (SSSR count). The number of aryl methyl sites for hydroxylation is 1. The average Bonchev–Trinajstić information content (AvgIpc) is 3.01. The van der Waals surface area contributed by atoms with Crippen molar-refractivity contribution in [2.75, 3.05) is 6.61 Å². The normalized spacial score (nSPS) is 17.9. The highest BCUT2D eigenvalue weighted by Crippen LogP contribution is 2.17. The summed E-state index contributed by atoms with van der Waals surface area (Å²) >= 11 is 0. The van der Waals surface area contributed by atoms with Crippen molar-refractivity contribution in [2.24, 2.45) is 0 Å². The van der Waals surface area contributed by atoms with Gasteiger partial charge in [0.1, 0.15) is 5.75 Å². The molecule has 0 saturated carbocycles. The van der Waals surface area contributed by atoms with Crippen molar-refractivity contribution in [3.63, 3.8) is 0 Å². The van der Waals surface area contributed by atoms with Crippen LogP contribution in [0.2, 0.25) is 0 Å². The molecule has 1 N–H and O–H groups in total. The van der Waals surface area contributed by atoms with E-state index in [0.717, 1.165) is 25.0 Å².